The average molecular weight is 347 g/mol. The molecule has 4 heteroatoms. The molecule has 1 aliphatic carbocycles. The van der Waals surface area contributed by atoms with Gasteiger partial charge >= 0.3 is 0 Å². The Hall–Kier alpha value is -1.36. The number of hydrazine groups is 1. The molecular formula is C17H19BrN2O. The zero-order chi connectivity index (χ0) is 14.8. The van der Waals surface area contributed by atoms with Gasteiger partial charge < -0.3 is 4.74 Å². The van der Waals surface area contributed by atoms with Crippen molar-refractivity contribution in [1.29, 1.82) is 0 Å². The first-order valence-corrected chi connectivity index (χ1v) is 7.89. The smallest absolute Gasteiger partial charge is 0.133 e. The summed E-state index contributed by atoms with van der Waals surface area (Å²) in [6, 6.07) is 14.9. The average Bonchev–Trinajstić information content (AvgIpc) is 2.48. The van der Waals surface area contributed by atoms with Gasteiger partial charge in [0, 0.05) is 6.04 Å². The van der Waals surface area contributed by atoms with Crippen LogP contribution in [0.2, 0.25) is 0 Å². The highest BCUT2D eigenvalue weighted by Crippen LogP contribution is 2.41. The van der Waals surface area contributed by atoms with Gasteiger partial charge in [0.2, 0.25) is 0 Å². The third-order valence-electron chi connectivity index (χ3n) is 4.26. The second kappa shape index (κ2) is 6.18. The van der Waals surface area contributed by atoms with Crippen molar-refractivity contribution in [3.63, 3.8) is 0 Å². The third kappa shape index (κ3) is 2.84. The normalized spacial score (nSPS) is 17.8. The SMILES string of the molecule is COc1ccc(C(CC2Cc3ccccc32)NN)cc1Br. The fourth-order valence-electron chi connectivity index (χ4n) is 3.06. The zero-order valence-electron chi connectivity index (χ0n) is 12.0. The summed E-state index contributed by atoms with van der Waals surface area (Å²) in [5, 5.41) is 0. The lowest BCUT2D eigenvalue weighted by molar-refractivity contribution is 0.409. The number of ether oxygens (including phenoxy) is 1. The minimum atomic E-state index is 0.144. The van der Waals surface area contributed by atoms with Gasteiger partial charge in [-0.1, -0.05) is 30.3 Å². The van der Waals surface area contributed by atoms with Gasteiger partial charge in [-0.2, -0.15) is 0 Å². The molecule has 0 radical (unpaired) electrons. The van der Waals surface area contributed by atoms with Crippen LogP contribution < -0.4 is 16.0 Å². The summed E-state index contributed by atoms with van der Waals surface area (Å²) in [6.07, 6.45) is 2.15. The number of nitrogens with two attached hydrogens (primary N) is 1. The van der Waals surface area contributed by atoms with Crippen LogP contribution in [-0.4, -0.2) is 7.11 Å². The van der Waals surface area contributed by atoms with Gasteiger partial charge in [-0.15, -0.1) is 0 Å². The number of nitrogens with one attached hydrogen (secondary N) is 1. The largest absolute Gasteiger partial charge is 0.496 e. The zero-order valence-corrected chi connectivity index (χ0v) is 13.6. The van der Waals surface area contributed by atoms with Crippen LogP contribution in [0.15, 0.2) is 46.9 Å². The Morgan fingerprint density at radius 3 is 2.81 bits per heavy atom. The van der Waals surface area contributed by atoms with Crippen molar-refractivity contribution < 1.29 is 4.74 Å². The third-order valence-corrected chi connectivity index (χ3v) is 4.88. The second-order valence-electron chi connectivity index (χ2n) is 5.45. The number of halogens is 1. The van der Waals surface area contributed by atoms with Gasteiger partial charge in [0.25, 0.3) is 0 Å². The number of hydrogen-bond donors (Lipinski definition) is 2. The van der Waals surface area contributed by atoms with E-state index in [-0.39, 0.29) is 6.04 Å². The van der Waals surface area contributed by atoms with Crippen LogP contribution in [0, 0.1) is 0 Å². The Labute approximate surface area is 133 Å². The molecule has 0 heterocycles. The predicted octanol–water partition coefficient (Wildman–Crippen LogP) is 3.69. The molecule has 0 saturated heterocycles. The van der Waals surface area contributed by atoms with E-state index in [1.165, 1.54) is 16.7 Å². The Bertz CT molecular complexity index is 644. The summed E-state index contributed by atoms with van der Waals surface area (Å²) in [4.78, 5) is 0. The summed E-state index contributed by atoms with van der Waals surface area (Å²) >= 11 is 3.53. The molecule has 2 unspecified atom stereocenters. The highest BCUT2D eigenvalue weighted by Gasteiger charge is 2.28. The maximum absolute atomic E-state index is 5.78. The molecule has 0 saturated carbocycles. The van der Waals surface area contributed by atoms with Crippen LogP contribution in [-0.2, 0) is 6.42 Å². The Kier molecular flexibility index (Phi) is 4.29. The van der Waals surface area contributed by atoms with Gasteiger partial charge in [-0.25, -0.2) is 0 Å². The van der Waals surface area contributed by atoms with E-state index < -0.39 is 0 Å². The molecule has 3 N–H and O–H groups in total. The van der Waals surface area contributed by atoms with Gasteiger partial charge in [0.05, 0.1) is 11.6 Å². The summed E-state index contributed by atoms with van der Waals surface area (Å²) in [5.74, 6) is 7.20. The van der Waals surface area contributed by atoms with E-state index in [4.69, 9.17) is 10.6 Å². The maximum atomic E-state index is 5.78. The molecule has 2 aromatic carbocycles. The highest BCUT2D eigenvalue weighted by atomic mass is 79.9. The van der Waals surface area contributed by atoms with Crippen molar-refractivity contribution in [3.05, 3.63) is 63.6 Å². The molecule has 1 aliphatic rings. The fourth-order valence-corrected chi connectivity index (χ4v) is 3.62. The number of fused-ring (bicyclic) bond motifs is 1. The first-order chi connectivity index (χ1) is 10.2. The second-order valence-corrected chi connectivity index (χ2v) is 6.30. The fraction of sp³-hybridized carbons (Fsp3) is 0.294. The molecule has 0 aliphatic heterocycles. The van der Waals surface area contributed by atoms with Crippen LogP contribution >= 0.6 is 15.9 Å². The van der Waals surface area contributed by atoms with E-state index in [2.05, 4.69) is 57.8 Å². The van der Waals surface area contributed by atoms with Crippen LogP contribution in [0.1, 0.15) is 35.1 Å². The number of hydrogen-bond acceptors (Lipinski definition) is 3. The number of rotatable bonds is 5. The van der Waals surface area contributed by atoms with E-state index in [0.717, 1.165) is 23.1 Å². The predicted molar refractivity (Wildman–Crippen MR) is 88.3 cm³/mol. The Morgan fingerprint density at radius 1 is 1.33 bits per heavy atom. The molecule has 0 aromatic heterocycles. The van der Waals surface area contributed by atoms with Crippen molar-refractivity contribution in [1.82, 2.24) is 5.43 Å². The van der Waals surface area contributed by atoms with Crippen LogP contribution in [0.4, 0.5) is 0 Å². The molecule has 0 bridgehead atoms. The Balaban J connectivity index is 1.76. The van der Waals surface area contributed by atoms with Crippen LogP contribution in [0.3, 0.4) is 0 Å². The maximum Gasteiger partial charge on any atom is 0.133 e. The van der Waals surface area contributed by atoms with Gasteiger partial charge in [0.15, 0.2) is 0 Å². The van der Waals surface area contributed by atoms with Gasteiger partial charge in [-0.3, -0.25) is 11.3 Å². The van der Waals surface area contributed by atoms with Crippen molar-refractivity contribution in [3.8, 4) is 5.75 Å². The molecule has 0 amide bonds. The molecule has 21 heavy (non-hydrogen) atoms. The number of methoxy groups -OCH3 is 1. The lowest BCUT2D eigenvalue weighted by Crippen LogP contribution is -2.31. The van der Waals surface area contributed by atoms with E-state index in [1.54, 1.807) is 7.11 Å². The Morgan fingerprint density at radius 2 is 2.14 bits per heavy atom. The monoisotopic (exact) mass is 346 g/mol. The molecule has 3 rings (SSSR count). The molecular weight excluding hydrogens is 328 g/mol. The molecule has 0 spiro atoms. The van der Waals surface area contributed by atoms with Crippen molar-refractivity contribution in [2.75, 3.05) is 7.11 Å². The molecule has 0 fully saturated rings. The first kappa shape index (κ1) is 14.6. The summed E-state index contributed by atoms with van der Waals surface area (Å²) < 4.78 is 6.23. The lowest BCUT2D eigenvalue weighted by atomic mass is 9.74. The summed E-state index contributed by atoms with van der Waals surface area (Å²) in [5.41, 5.74) is 7.06. The van der Waals surface area contributed by atoms with Crippen LogP contribution in [0.25, 0.3) is 0 Å². The number of benzene rings is 2. The topological polar surface area (TPSA) is 47.3 Å². The molecule has 2 atom stereocenters. The summed E-state index contributed by atoms with van der Waals surface area (Å²) in [6.45, 7) is 0. The van der Waals surface area contributed by atoms with Gasteiger partial charge in [0.1, 0.15) is 5.75 Å². The highest BCUT2D eigenvalue weighted by molar-refractivity contribution is 9.10. The molecule has 3 nitrogen and oxygen atoms in total. The summed E-state index contributed by atoms with van der Waals surface area (Å²) in [7, 11) is 1.67. The van der Waals surface area contributed by atoms with Crippen LogP contribution in [0.5, 0.6) is 5.75 Å². The van der Waals surface area contributed by atoms with E-state index in [0.29, 0.717) is 5.92 Å². The van der Waals surface area contributed by atoms with Crippen molar-refractivity contribution in [2.45, 2.75) is 24.8 Å². The molecule has 2 aromatic rings. The van der Waals surface area contributed by atoms with E-state index in [1.807, 2.05) is 6.07 Å². The first-order valence-electron chi connectivity index (χ1n) is 7.10. The van der Waals surface area contributed by atoms with Crippen molar-refractivity contribution >= 4 is 15.9 Å². The quantitative estimate of drug-likeness (QED) is 0.641. The van der Waals surface area contributed by atoms with Crippen molar-refractivity contribution in [2.24, 2.45) is 5.84 Å². The standard InChI is InChI=1S/C17H19BrN2O/c1-21-17-7-6-12(9-15(17)18)16(20-19)10-13-8-11-4-2-3-5-14(11)13/h2-7,9,13,16,20H,8,10,19H2,1H3. The molecule has 110 valence electrons. The minimum absolute atomic E-state index is 0.144. The lowest BCUT2D eigenvalue weighted by Gasteiger charge is -2.33. The van der Waals surface area contributed by atoms with Gasteiger partial charge in [-0.05, 0) is 63.5 Å². The van der Waals surface area contributed by atoms with E-state index in [9.17, 15) is 0 Å². The van der Waals surface area contributed by atoms with E-state index >= 15 is 0 Å². The minimum Gasteiger partial charge on any atom is -0.496 e.